The molecule has 0 aliphatic carbocycles. The average Bonchev–Trinajstić information content (AvgIpc) is 2.75. The van der Waals surface area contributed by atoms with Gasteiger partial charge in [0.15, 0.2) is 0 Å². The average molecular weight is 473 g/mol. The summed E-state index contributed by atoms with van der Waals surface area (Å²) in [5.74, 6) is 0. The Morgan fingerprint density at radius 3 is 2.82 bits per heavy atom. The van der Waals surface area contributed by atoms with E-state index in [0.717, 1.165) is 16.5 Å². The zero-order valence-electron chi connectivity index (χ0n) is 9.17. The van der Waals surface area contributed by atoms with E-state index in [9.17, 15) is 0 Å². The number of hydrogen-bond acceptors (Lipinski definition) is 2. The molecule has 2 aromatic heterocycles. The second kappa shape index (κ2) is 3.77. The Balaban J connectivity index is 0.00000108. The van der Waals surface area contributed by atoms with E-state index >= 15 is 0 Å². The molecular formula is C13H8N3Rf-. The van der Waals surface area contributed by atoms with E-state index in [1.54, 1.807) is 16.9 Å². The number of rotatable bonds is 1. The minimum Gasteiger partial charge on any atom is -0.335 e. The summed E-state index contributed by atoms with van der Waals surface area (Å²) in [5.41, 5.74) is 1.49. The van der Waals surface area contributed by atoms with Crippen molar-refractivity contribution in [1.29, 1.82) is 0 Å². The third-order valence-electron chi connectivity index (χ3n) is 2.48. The number of fused-ring (bicyclic) bond motifs is 1. The molecule has 2 radical (unpaired) electrons. The van der Waals surface area contributed by atoms with Crippen LogP contribution < -0.4 is 0 Å². The van der Waals surface area contributed by atoms with Crippen molar-refractivity contribution in [3.8, 4) is 5.69 Å². The number of aromatic nitrogens is 3. The molecule has 0 spiro atoms. The van der Waals surface area contributed by atoms with Crippen LogP contribution >= 0.6 is 0 Å². The van der Waals surface area contributed by atoms with Crippen LogP contribution in [0.15, 0.2) is 42.7 Å². The molecule has 78 valence electrons. The topological polar surface area (TPSA) is 30.7 Å². The molecular weight excluding hydrogens is 465 g/mol. The molecule has 2 heterocycles. The molecule has 0 amide bonds. The Morgan fingerprint density at radius 2 is 2.06 bits per heavy atom. The molecule has 0 atom stereocenters. The van der Waals surface area contributed by atoms with Gasteiger partial charge in [-0.2, -0.15) is 6.07 Å². The summed E-state index contributed by atoms with van der Waals surface area (Å²) in [7, 11) is 0. The van der Waals surface area contributed by atoms with Gasteiger partial charge < -0.3 is 9.78 Å². The van der Waals surface area contributed by atoms with Gasteiger partial charge in [-0.05, 0) is 23.6 Å². The molecule has 0 fully saturated rings. The van der Waals surface area contributed by atoms with Gasteiger partial charge in [-0.3, -0.25) is 4.98 Å². The second-order valence-electron chi connectivity index (χ2n) is 3.52. The summed E-state index contributed by atoms with van der Waals surface area (Å²) >= 11 is 0. The molecule has 0 N–H and O–H groups in total. The molecule has 3 rings (SSSR count). The van der Waals surface area contributed by atoms with Gasteiger partial charge in [0, 0.05) is 23.5 Å². The van der Waals surface area contributed by atoms with Gasteiger partial charge in [-0.1, -0.05) is 13.0 Å². The van der Waals surface area contributed by atoms with Gasteiger partial charge in [0.2, 0.25) is 0 Å². The normalized spacial score (nSPS) is 10.2. The minimum atomic E-state index is 0. The molecule has 3 nitrogen and oxygen atoms in total. The first kappa shape index (κ1) is 10.4. The zero-order valence-corrected chi connectivity index (χ0v) is 15.6. The molecule has 0 unspecified atom stereocenters. The summed E-state index contributed by atoms with van der Waals surface area (Å²) in [6.07, 6.45) is 6.31. The van der Waals surface area contributed by atoms with Crippen molar-refractivity contribution in [3.05, 3.63) is 61.5 Å². The van der Waals surface area contributed by atoms with E-state index in [1.807, 2.05) is 30.5 Å². The number of nitrogens with zero attached hydrogens (tertiary/aromatic N) is 3. The molecule has 0 saturated carbocycles. The van der Waals surface area contributed by atoms with Crippen LogP contribution in [-0.2, 0) is 0 Å². The predicted octanol–water partition coefficient (Wildman–Crippen LogP) is 2.28. The smallest absolute Gasteiger partial charge is 0.0440 e. The molecule has 0 aliphatic heterocycles. The third kappa shape index (κ3) is 1.59. The maximum absolute atomic E-state index is 5.77. The maximum Gasteiger partial charge on any atom is 0.0440 e. The molecule has 1 aromatic carbocycles. The van der Waals surface area contributed by atoms with Gasteiger partial charge in [0.1, 0.15) is 0 Å². The van der Waals surface area contributed by atoms with E-state index < -0.39 is 0 Å². The minimum absolute atomic E-state index is 0. The molecule has 0 bridgehead atoms. The summed E-state index contributed by atoms with van der Waals surface area (Å²) < 4.78 is 1.65. The largest absolute Gasteiger partial charge is 0.335 e. The van der Waals surface area contributed by atoms with E-state index in [1.165, 1.54) is 0 Å². The zero-order chi connectivity index (χ0) is 11.0. The van der Waals surface area contributed by atoms with E-state index in [0.29, 0.717) is 5.69 Å². The summed E-state index contributed by atoms with van der Waals surface area (Å²) in [5, 5.41) is 6.25. The van der Waals surface area contributed by atoms with Crippen molar-refractivity contribution in [3.63, 3.8) is 0 Å². The van der Waals surface area contributed by atoms with Crippen LogP contribution in [-0.4, -0.2) is 14.8 Å². The standard InChI is InChI=1S/C13H8N3.Rf/c1-10-4-7-15-16(10)13-3-2-11-5-6-14-9-12(11)8-13;/h1-6,8-9H;/q-1;. The third-order valence-corrected chi connectivity index (χ3v) is 2.48. The Morgan fingerprint density at radius 1 is 1.18 bits per heavy atom. The van der Waals surface area contributed by atoms with Crippen LogP contribution in [0.3, 0.4) is 0 Å². The first-order valence-electron chi connectivity index (χ1n) is 4.90. The molecule has 4 heteroatoms. The number of hydrogen-bond donors (Lipinski definition) is 0. The van der Waals surface area contributed by atoms with E-state index in [2.05, 4.69) is 16.3 Å². The Labute approximate surface area is 93.4 Å². The quantitative estimate of drug-likeness (QED) is 0.508. The maximum atomic E-state index is 5.77. The van der Waals surface area contributed by atoms with Crippen molar-refractivity contribution >= 4 is 10.8 Å². The van der Waals surface area contributed by atoms with E-state index in [-0.39, 0.29) is 0 Å². The fourth-order valence-electron chi connectivity index (χ4n) is 1.68. The molecule has 0 aliphatic rings. The van der Waals surface area contributed by atoms with Crippen LogP contribution in [0, 0.1) is 13.1 Å². The second-order valence-corrected chi connectivity index (χ2v) is 3.52. The van der Waals surface area contributed by atoms with E-state index in [4.69, 9.17) is 6.92 Å². The van der Waals surface area contributed by atoms with Gasteiger partial charge in [-0.25, -0.2) is 0 Å². The molecule has 17 heavy (non-hydrogen) atoms. The van der Waals surface area contributed by atoms with Gasteiger partial charge in [-0.15, -0.1) is 11.9 Å². The number of pyridine rings is 1. The first-order valence-corrected chi connectivity index (χ1v) is 4.90. The fourth-order valence-corrected chi connectivity index (χ4v) is 1.68. The van der Waals surface area contributed by atoms with Crippen molar-refractivity contribution in [1.82, 2.24) is 14.8 Å². The van der Waals surface area contributed by atoms with Crippen LogP contribution in [0.2, 0.25) is 0 Å². The van der Waals surface area contributed by atoms with Crippen LogP contribution in [0.4, 0.5) is 0 Å². The first-order chi connectivity index (χ1) is 7.84. The molecule has 3 aromatic rings. The monoisotopic (exact) mass is 473 g/mol. The van der Waals surface area contributed by atoms with Crippen LogP contribution in [0.25, 0.3) is 16.5 Å². The Bertz CT molecular complexity index is 646. The fraction of sp³-hybridized carbons (Fsp3) is 0. The summed E-state index contributed by atoms with van der Waals surface area (Å²) in [6.45, 7) is 5.77. The Hall–Kier alpha value is -3.16. The van der Waals surface area contributed by atoms with Gasteiger partial charge >= 0.3 is 0 Å². The molecule has 0 saturated heterocycles. The van der Waals surface area contributed by atoms with Crippen LogP contribution in [0.5, 0.6) is 0 Å². The van der Waals surface area contributed by atoms with Crippen molar-refractivity contribution in [2.24, 2.45) is 0 Å². The van der Waals surface area contributed by atoms with Gasteiger partial charge in [0.05, 0.1) is 0 Å². The summed E-state index contributed by atoms with van der Waals surface area (Å²) in [6, 6.07) is 9.61. The van der Waals surface area contributed by atoms with Crippen LogP contribution in [0.1, 0.15) is 5.69 Å². The SMILES string of the molecule is [CH]c1c[c-]nn1-c1ccc2ccncc2c1.[Rf]. The number of benzene rings is 1. The summed E-state index contributed by atoms with van der Waals surface area (Å²) in [4.78, 5) is 4.09. The van der Waals surface area contributed by atoms with Crippen molar-refractivity contribution in [2.45, 2.75) is 0 Å². The predicted molar refractivity (Wildman–Crippen MR) is 61.1 cm³/mol. The Kier molecular flexibility index (Phi) is 2.30. The van der Waals surface area contributed by atoms with Gasteiger partial charge in [0.25, 0.3) is 0 Å². The van der Waals surface area contributed by atoms with Crippen molar-refractivity contribution in [2.75, 3.05) is 0 Å². The van der Waals surface area contributed by atoms with Crippen molar-refractivity contribution < 1.29 is 0 Å².